The average Bonchev–Trinajstić information content (AvgIpc) is 2.90. The lowest BCUT2D eigenvalue weighted by Crippen LogP contribution is -1.98. The molecule has 7 heteroatoms. The molecule has 0 atom stereocenters. The zero-order valence-corrected chi connectivity index (χ0v) is 15.8. The van der Waals surface area contributed by atoms with Gasteiger partial charge in [0.2, 0.25) is 0 Å². The Bertz CT molecular complexity index is 948. The van der Waals surface area contributed by atoms with Crippen molar-refractivity contribution in [2.24, 2.45) is 7.05 Å². The van der Waals surface area contributed by atoms with Crippen molar-refractivity contribution in [2.45, 2.75) is 19.8 Å². The number of halogens is 1. The van der Waals surface area contributed by atoms with Gasteiger partial charge in [0.25, 0.3) is 0 Å². The van der Waals surface area contributed by atoms with E-state index in [1.54, 1.807) is 12.1 Å². The molecule has 0 saturated carbocycles. The number of benzene rings is 1. The molecule has 124 valence electrons. The quantitative estimate of drug-likeness (QED) is 0.622. The molecule has 24 heavy (non-hydrogen) atoms. The summed E-state index contributed by atoms with van der Waals surface area (Å²) in [6.45, 7) is 2.13. The molecule has 0 unspecified atom stereocenters. The van der Waals surface area contributed by atoms with Gasteiger partial charge in [-0.1, -0.05) is 29.3 Å². The highest BCUT2D eigenvalue weighted by Crippen LogP contribution is 2.32. The van der Waals surface area contributed by atoms with Gasteiger partial charge in [0.15, 0.2) is 4.77 Å². The standard InChI is InChI=1S/C17H17BrN4OS/c1-3-4-11-8-15(22(2)21-11)14-9-13(19-17(24)20-14)12-7-10(18)5-6-16(12)23/h5-9,23H,3-4H2,1-2H3,(H,19,20,24). The summed E-state index contributed by atoms with van der Waals surface area (Å²) in [4.78, 5) is 7.47. The summed E-state index contributed by atoms with van der Waals surface area (Å²) < 4.78 is 3.05. The SMILES string of the molecule is CCCc1cc(-c2cc(-c3cc(Br)ccc3O)nc(=S)[nH]2)n(C)n1. The summed E-state index contributed by atoms with van der Waals surface area (Å²) in [5.41, 5.74) is 4.04. The molecule has 0 aliphatic heterocycles. The predicted octanol–water partition coefficient (Wildman–Crippen LogP) is 4.63. The third-order valence-electron chi connectivity index (χ3n) is 3.69. The van der Waals surface area contributed by atoms with Crippen LogP contribution in [0.1, 0.15) is 19.0 Å². The van der Waals surface area contributed by atoms with Gasteiger partial charge in [0.05, 0.1) is 22.8 Å². The van der Waals surface area contributed by atoms with Gasteiger partial charge < -0.3 is 10.1 Å². The molecule has 0 bridgehead atoms. The maximum absolute atomic E-state index is 10.1. The van der Waals surface area contributed by atoms with Crippen LogP contribution in [0.3, 0.4) is 0 Å². The minimum absolute atomic E-state index is 0.161. The topological polar surface area (TPSA) is 66.7 Å². The number of aromatic amines is 1. The first-order valence-electron chi connectivity index (χ1n) is 7.61. The van der Waals surface area contributed by atoms with Crippen LogP contribution in [0.2, 0.25) is 0 Å². The van der Waals surface area contributed by atoms with E-state index in [1.807, 2.05) is 23.9 Å². The van der Waals surface area contributed by atoms with E-state index in [9.17, 15) is 5.11 Å². The Morgan fingerprint density at radius 1 is 1.29 bits per heavy atom. The Morgan fingerprint density at radius 2 is 2.08 bits per heavy atom. The van der Waals surface area contributed by atoms with E-state index in [1.165, 1.54) is 0 Å². The van der Waals surface area contributed by atoms with Gasteiger partial charge in [-0.15, -0.1) is 0 Å². The van der Waals surface area contributed by atoms with Crippen LogP contribution in [0.5, 0.6) is 5.75 Å². The number of hydrogen-bond acceptors (Lipinski definition) is 4. The Kier molecular flexibility index (Phi) is 4.82. The van der Waals surface area contributed by atoms with Gasteiger partial charge >= 0.3 is 0 Å². The fourth-order valence-electron chi connectivity index (χ4n) is 2.60. The number of aryl methyl sites for hydroxylation is 2. The number of H-pyrrole nitrogens is 1. The van der Waals surface area contributed by atoms with Gasteiger partial charge in [0, 0.05) is 17.1 Å². The van der Waals surface area contributed by atoms with E-state index in [0.717, 1.165) is 34.4 Å². The monoisotopic (exact) mass is 404 g/mol. The molecule has 2 aromatic heterocycles. The summed E-state index contributed by atoms with van der Waals surface area (Å²) in [7, 11) is 1.90. The first-order chi connectivity index (χ1) is 11.5. The van der Waals surface area contributed by atoms with E-state index >= 15 is 0 Å². The van der Waals surface area contributed by atoms with Crippen LogP contribution in [-0.2, 0) is 13.5 Å². The molecule has 0 aliphatic rings. The first-order valence-corrected chi connectivity index (χ1v) is 8.81. The first kappa shape index (κ1) is 16.9. The lowest BCUT2D eigenvalue weighted by atomic mass is 10.1. The molecule has 0 fully saturated rings. The molecular formula is C17H17BrN4OS. The van der Waals surface area contributed by atoms with Crippen molar-refractivity contribution in [1.29, 1.82) is 0 Å². The second-order valence-corrected chi connectivity index (χ2v) is 6.84. The average molecular weight is 405 g/mol. The van der Waals surface area contributed by atoms with Crippen molar-refractivity contribution in [3.05, 3.63) is 45.3 Å². The van der Waals surface area contributed by atoms with Crippen LogP contribution >= 0.6 is 28.1 Å². The molecule has 3 aromatic rings. The highest BCUT2D eigenvalue weighted by atomic mass is 79.9. The number of aromatic hydroxyl groups is 1. The van der Waals surface area contributed by atoms with E-state index in [2.05, 4.69) is 44.0 Å². The molecule has 0 amide bonds. The molecule has 3 rings (SSSR count). The number of phenols is 1. The highest BCUT2D eigenvalue weighted by Gasteiger charge is 2.12. The van der Waals surface area contributed by atoms with Gasteiger partial charge in [-0.2, -0.15) is 5.10 Å². The largest absolute Gasteiger partial charge is 0.507 e. The van der Waals surface area contributed by atoms with Crippen molar-refractivity contribution in [1.82, 2.24) is 19.7 Å². The van der Waals surface area contributed by atoms with E-state index in [4.69, 9.17) is 12.2 Å². The Morgan fingerprint density at radius 3 is 2.83 bits per heavy atom. The number of aromatic nitrogens is 4. The van der Waals surface area contributed by atoms with Gasteiger partial charge in [-0.3, -0.25) is 4.68 Å². The minimum Gasteiger partial charge on any atom is -0.507 e. The molecule has 5 nitrogen and oxygen atoms in total. The predicted molar refractivity (Wildman–Crippen MR) is 100 cm³/mol. The smallest absolute Gasteiger partial charge is 0.197 e. The van der Waals surface area contributed by atoms with E-state index in [-0.39, 0.29) is 5.75 Å². The van der Waals surface area contributed by atoms with Crippen LogP contribution in [-0.4, -0.2) is 24.9 Å². The molecule has 2 heterocycles. The Labute approximate surface area is 153 Å². The fraction of sp³-hybridized carbons (Fsp3) is 0.235. The maximum Gasteiger partial charge on any atom is 0.197 e. The molecule has 0 spiro atoms. The number of phenolic OH excluding ortho intramolecular Hbond substituents is 1. The van der Waals surface area contributed by atoms with Gasteiger partial charge in [0.1, 0.15) is 5.75 Å². The zero-order valence-electron chi connectivity index (χ0n) is 13.4. The van der Waals surface area contributed by atoms with Crippen LogP contribution in [0.4, 0.5) is 0 Å². The van der Waals surface area contributed by atoms with E-state index < -0.39 is 0 Å². The normalized spacial score (nSPS) is 11.0. The second kappa shape index (κ2) is 6.86. The lowest BCUT2D eigenvalue weighted by Gasteiger charge is -2.08. The Hall–Kier alpha value is -1.99. The van der Waals surface area contributed by atoms with Crippen molar-refractivity contribution in [3.8, 4) is 28.4 Å². The van der Waals surface area contributed by atoms with Crippen molar-refractivity contribution >= 4 is 28.1 Å². The molecular weight excluding hydrogens is 388 g/mol. The third-order valence-corrected chi connectivity index (χ3v) is 4.38. The second-order valence-electron chi connectivity index (χ2n) is 5.54. The number of hydrogen-bond donors (Lipinski definition) is 2. The summed E-state index contributed by atoms with van der Waals surface area (Å²) in [5, 5.41) is 14.7. The van der Waals surface area contributed by atoms with Gasteiger partial charge in [-0.25, -0.2) is 4.98 Å². The minimum atomic E-state index is 0.161. The van der Waals surface area contributed by atoms with Crippen LogP contribution in [0.15, 0.2) is 34.8 Å². The fourth-order valence-corrected chi connectivity index (χ4v) is 3.17. The Balaban J connectivity index is 2.13. The van der Waals surface area contributed by atoms with E-state index in [0.29, 0.717) is 16.0 Å². The molecule has 0 aliphatic carbocycles. The zero-order chi connectivity index (χ0) is 17.3. The number of nitrogens with zero attached hydrogens (tertiary/aromatic N) is 3. The number of nitrogens with one attached hydrogen (secondary N) is 1. The molecule has 0 radical (unpaired) electrons. The summed E-state index contributed by atoms with van der Waals surface area (Å²) >= 11 is 8.70. The van der Waals surface area contributed by atoms with Crippen molar-refractivity contribution in [2.75, 3.05) is 0 Å². The summed E-state index contributed by atoms with van der Waals surface area (Å²) in [5.74, 6) is 0.161. The third kappa shape index (κ3) is 3.42. The van der Waals surface area contributed by atoms with Crippen molar-refractivity contribution in [3.63, 3.8) is 0 Å². The maximum atomic E-state index is 10.1. The molecule has 1 aromatic carbocycles. The lowest BCUT2D eigenvalue weighted by molar-refractivity contribution is 0.477. The number of rotatable bonds is 4. The van der Waals surface area contributed by atoms with Crippen LogP contribution in [0.25, 0.3) is 22.6 Å². The highest BCUT2D eigenvalue weighted by molar-refractivity contribution is 9.10. The van der Waals surface area contributed by atoms with Crippen LogP contribution < -0.4 is 0 Å². The summed E-state index contributed by atoms with van der Waals surface area (Å²) in [6.07, 6.45) is 1.97. The summed E-state index contributed by atoms with van der Waals surface area (Å²) in [6, 6.07) is 9.16. The molecule has 0 saturated heterocycles. The van der Waals surface area contributed by atoms with Crippen molar-refractivity contribution < 1.29 is 5.11 Å². The van der Waals surface area contributed by atoms with Crippen LogP contribution in [0, 0.1) is 4.77 Å². The molecule has 2 N–H and O–H groups in total. The van der Waals surface area contributed by atoms with Gasteiger partial charge in [-0.05, 0) is 49.0 Å².